The van der Waals surface area contributed by atoms with E-state index >= 15 is 0 Å². The van der Waals surface area contributed by atoms with Crippen molar-refractivity contribution in [3.05, 3.63) is 104 Å². The molecule has 1 aliphatic rings. The first-order chi connectivity index (χ1) is 17.2. The normalized spacial score (nSPS) is 15.8. The van der Waals surface area contributed by atoms with Gasteiger partial charge in [-0.05, 0) is 54.4 Å². The number of benzene rings is 3. The van der Waals surface area contributed by atoms with Gasteiger partial charge in [-0.15, -0.1) is 0 Å². The Morgan fingerprint density at radius 1 is 1.03 bits per heavy atom. The number of furan rings is 1. The van der Waals surface area contributed by atoms with Gasteiger partial charge in [0.15, 0.2) is 22.9 Å². The summed E-state index contributed by atoms with van der Waals surface area (Å²) in [5, 5.41) is 12.5. The number of hydrogen-bond donors (Lipinski definition) is 1. The van der Waals surface area contributed by atoms with Crippen molar-refractivity contribution in [3.8, 4) is 5.75 Å². The smallest absolute Gasteiger partial charge is 0.294 e. The second-order valence-electron chi connectivity index (χ2n) is 8.32. The number of aryl methyl sites for hydroxylation is 1. The Morgan fingerprint density at radius 3 is 2.50 bits per heavy atom. The van der Waals surface area contributed by atoms with Crippen molar-refractivity contribution in [2.45, 2.75) is 13.0 Å². The molecule has 9 heteroatoms. The third-order valence-corrected chi connectivity index (χ3v) is 6.94. The molecule has 36 heavy (non-hydrogen) atoms. The summed E-state index contributed by atoms with van der Waals surface area (Å²) in [6.07, 6.45) is 0. The van der Waals surface area contributed by atoms with Gasteiger partial charge in [0.1, 0.15) is 0 Å². The van der Waals surface area contributed by atoms with Gasteiger partial charge in [-0.2, -0.15) is 0 Å². The molecule has 182 valence electrons. The molecule has 0 bridgehead atoms. The van der Waals surface area contributed by atoms with Crippen molar-refractivity contribution < 1.29 is 23.8 Å². The maximum absolute atomic E-state index is 13.8. The van der Waals surface area contributed by atoms with Gasteiger partial charge < -0.3 is 14.3 Å². The van der Waals surface area contributed by atoms with E-state index in [1.807, 2.05) is 13.0 Å². The molecule has 0 saturated heterocycles. The molecule has 0 spiro atoms. The van der Waals surface area contributed by atoms with Crippen molar-refractivity contribution in [2.24, 2.45) is 0 Å². The average Bonchev–Trinajstić information content (AvgIpc) is 3.39. The van der Waals surface area contributed by atoms with Crippen LogP contribution >= 0.6 is 34.8 Å². The molecule has 0 fully saturated rings. The van der Waals surface area contributed by atoms with Crippen LogP contribution in [0.15, 0.2) is 76.4 Å². The molecule has 1 atom stereocenters. The van der Waals surface area contributed by atoms with Crippen LogP contribution in [0.4, 0.5) is 5.69 Å². The zero-order valence-corrected chi connectivity index (χ0v) is 21.3. The summed E-state index contributed by atoms with van der Waals surface area (Å²) in [5.41, 5.74) is 2.06. The number of methoxy groups -OCH3 is 1. The average molecular weight is 543 g/mol. The number of carbonyl (C=O) groups excluding carboxylic acids is 2. The van der Waals surface area contributed by atoms with Gasteiger partial charge in [-0.25, -0.2) is 0 Å². The highest BCUT2D eigenvalue weighted by Crippen LogP contribution is 2.44. The van der Waals surface area contributed by atoms with E-state index in [2.05, 4.69) is 0 Å². The van der Waals surface area contributed by atoms with Gasteiger partial charge in [-0.3, -0.25) is 14.5 Å². The van der Waals surface area contributed by atoms with Crippen LogP contribution in [0.5, 0.6) is 5.75 Å². The van der Waals surface area contributed by atoms with Crippen LogP contribution in [-0.4, -0.2) is 23.9 Å². The van der Waals surface area contributed by atoms with E-state index in [1.165, 1.54) is 18.1 Å². The number of carbonyl (C=O) groups is 2. The molecule has 6 nitrogen and oxygen atoms in total. The summed E-state index contributed by atoms with van der Waals surface area (Å²) in [6, 6.07) is 15.7. The molecule has 1 amide bonds. The lowest BCUT2D eigenvalue weighted by atomic mass is 9.94. The minimum absolute atomic E-state index is 0.0870. The zero-order valence-electron chi connectivity index (χ0n) is 19.0. The Labute approximate surface area is 221 Å². The number of aliphatic hydroxyl groups excluding tert-OH is 1. The first kappa shape index (κ1) is 24.3. The Kier molecular flexibility index (Phi) is 6.20. The maximum atomic E-state index is 13.8. The van der Waals surface area contributed by atoms with E-state index in [4.69, 9.17) is 44.0 Å². The zero-order chi connectivity index (χ0) is 25.7. The minimum atomic E-state index is -0.986. The second-order valence-corrected chi connectivity index (χ2v) is 9.57. The number of fused-ring (bicyclic) bond motifs is 1. The first-order valence-corrected chi connectivity index (χ1v) is 11.9. The third-order valence-electron chi connectivity index (χ3n) is 5.98. The Balaban J connectivity index is 1.69. The number of ether oxygens (including phenoxy) is 1. The molecular weight excluding hydrogens is 525 g/mol. The van der Waals surface area contributed by atoms with E-state index in [-0.39, 0.29) is 16.4 Å². The van der Waals surface area contributed by atoms with Crippen molar-refractivity contribution >= 4 is 63.1 Å². The van der Waals surface area contributed by atoms with E-state index in [1.54, 1.807) is 48.5 Å². The lowest BCUT2D eigenvalue weighted by Gasteiger charge is -2.27. The van der Waals surface area contributed by atoms with Crippen molar-refractivity contribution in [3.63, 3.8) is 0 Å². The van der Waals surface area contributed by atoms with Crippen molar-refractivity contribution in [1.82, 2.24) is 0 Å². The Bertz CT molecular complexity index is 1590. The molecule has 0 aliphatic carbocycles. The fraction of sp³-hybridized carbons (Fsp3) is 0.111. The van der Waals surface area contributed by atoms with Crippen LogP contribution in [0.2, 0.25) is 15.1 Å². The van der Waals surface area contributed by atoms with Crippen LogP contribution in [-0.2, 0) is 4.79 Å². The molecule has 3 aromatic carbocycles. The summed E-state index contributed by atoms with van der Waals surface area (Å²) in [5.74, 6) is -1.81. The minimum Gasteiger partial charge on any atom is -0.503 e. The van der Waals surface area contributed by atoms with Crippen molar-refractivity contribution in [2.75, 3.05) is 12.0 Å². The maximum Gasteiger partial charge on any atom is 0.294 e. The predicted octanol–water partition coefficient (Wildman–Crippen LogP) is 7.49. The molecule has 4 aromatic rings. The standard InChI is InChI=1S/C27H18Cl3NO5/c1-13-4-3-5-17(8-13)31-23(14-6-7-18(29)19(30)10-14)22(25(33)27(31)34)24(32)20-11-15-9-16(28)12-21(35-2)26(15)36-20/h3-12,23,33H,1-2H3. The molecule has 0 radical (unpaired) electrons. The quantitative estimate of drug-likeness (QED) is 0.264. The van der Waals surface area contributed by atoms with Gasteiger partial charge in [0, 0.05) is 22.2 Å². The topological polar surface area (TPSA) is 80.0 Å². The number of aliphatic hydroxyl groups is 1. The molecule has 1 unspecified atom stereocenters. The van der Waals surface area contributed by atoms with Gasteiger partial charge in [0.2, 0.25) is 5.78 Å². The van der Waals surface area contributed by atoms with Crippen LogP contribution in [0.1, 0.15) is 27.7 Å². The SMILES string of the molecule is COc1cc(Cl)cc2cc(C(=O)C3=C(O)C(=O)N(c4cccc(C)c4)C3c3ccc(Cl)c(Cl)c3)oc12. The number of halogens is 3. The number of ketones is 1. The Hall–Kier alpha value is -3.45. The number of rotatable bonds is 5. The predicted molar refractivity (Wildman–Crippen MR) is 140 cm³/mol. The van der Waals surface area contributed by atoms with Gasteiger partial charge in [0.25, 0.3) is 5.91 Å². The van der Waals surface area contributed by atoms with Crippen LogP contribution < -0.4 is 9.64 Å². The summed E-state index contributed by atoms with van der Waals surface area (Å²) >= 11 is 18.6. The van der Waals surface area contributed by atoms with E-state index < -0.39 is 23.5 Å². The fourth-order valence-corrected chi connectivity index (χ4v) is 4.88. The van der Waals surface area contributed by atoms with Crippen molar-refractivity contribution in [1.29, 1.82) is 0 Å². The molecule has 1 N–H and O–H groups in total. The molecule has 1 aliphatic heterocycles. The lowest BCUT2D eigenvalue weighted by molar-refractivity contribution is -0.117. The molecular formula is C27H18Cl3NO5. The Morgan fingerprint density at radius 2 is 1.81 bits per heavy atom. The molecule has 2 heterocycles. The van der Waals surface area contributed by atoms with Gasteiger partial charge >= 0.3 is 0 Å². The second kappa shape index (κ2) is 9.21. The summed E-state index contributed by atoms with van der Waals surface area (Å²) in [7, 11) is 1.46. The van der Waals surface area contributed by atoms with Crippen LogP contribution in [0.3, 0.4) is 0 Å². The van der Waals surface area contributed by atoms with Crippen LogP contribution in [0.25, 0.3) is 11.0 Å². The van der Waals surface area contributed by atoms with E-state index in [9.17, 15) is 14.7 Å². The van der Waals surface area contributed by atoms with Crippen LogP contribution in [0, 0.1) is 6.92 Å². The van der Waals surface area contributed by atoms with Gasteiger partial charge in [0.05, 0.1) is 28.8 Å². The number of hydrogen-bond acceptors (Lipinski definition) is 5. The lowest BCUT2D eigenvalue weighted by Crippen LogP contribution is -2.31. The third kappa shape index (κ3) is 4.01. The summed E-state index contributed by atoms with van der Waals surface area (Å²) in [4.78, 5) is 28.5. The highest BCUT2D eigenvalue weighted by molar-refractivity contribution is 6.42. The highest BCUT2D eigenvalue weighted by Gasteiger charge is 2.45. The number of nitrogens with zero attached hydrogens (tertiary/aromatic N) is 1. The number of amides is 1. The number of Topliss-reactive ketones (excluding diaryl/α,β-unsaturated/α-hetero) is 1. The molecule has 1 aromatic heterocycles. The monoisotopic (exact) mass is 541 g/mol. The van der Waals surface area contributed by atoms with Gasteiger partial charge in [-0.1, -0.05) is 53.0 Å². The summed E-state index contributed by atoms with van der Waals surface area (Å²) in [6.45, 7) is 1.88. The highest BCUT2D eigenvalue weighted by atomic mass is 35.5. The molecule has 5 rings (SSSR count). The molecule has 0 saturated carbocycles. The summed E-state index contributed by atoms with van der Waals surface area (Å²) < 4.78 is 11.2. The van der Waals surface area contributed by atoms with E-state index in [0.717, 1.165) is 5.56 Å². The largest absolute Gasteiger partial charge is 0.503 e. The first-order valence-electron chi connectivity index (χ1n) is 10.8. The number of anilines is 1. The van der Waals surface area contributed by atoms with E-state index in [0.29, 0.717) is 38.0 Å². The fourth-order valence-electron chi connectivity index (χ4n) is 4.36.